The average molecular weight is 279 g/mol. The molecule has 0 unspecified atom stereocenters. The smallest absolute Gasteiger partial charge is 0.261 e. The van der Waals surface area contributed by atoms with E-state index >= 15 is 0 Å². The zero-order chi connectivity index (χ0) is 14.0. The summed E-state index contributed by atoms with van der Waals surface area (Å²) in [6.45, 7) is 7.12. The summed E-state index contributed by atoms with van der Waals surface area (Å²) >= 11 is 1.51. The molecule has 0 bridgehead atoms. The molecule has 0 saturated heterocycles. The number of amides is 1. The monoisotopic (exact) mass is 279 g/mol. The molecule has 1 amide bonds. The number of aromatic nitrogens is 2. The van der Waals surface area contributed by atoms with Gasteiger partial charge >= 0.3 is 0 Å². The maximum absolute atomic E-state index is 12.0. The van der Waals surface area contributed by atoms with Gasteiger partial charge in [0, 0.05) is 19.0 Å². The molecule has 2 heterocycles. The van der Waals surface area contributed by atoms with Crippen LogP contribution in [0.5, 0.6) is 0 Å². The van der Waals surface area contributed by atoms with Crippen LogP contribution in [0, 0.1) is 12.8 Å². The summed E-state index contributed by atoms with van der Waals surface area (Å²) < 4.78 is 1.84. The molecule has 0 aliphatic heterocycles. The first-order chi connectivity index (χ1) is 8.99. The van der Waals surface area contributed by atoms with Gasteiger partial charge in [-0.25, -0.2) is 0 Å². The average Bonchev–Trinajstić information content (AvgIpc) is 2.88. The first-order valence-electron chi connectivity index (χ1n) is 6.70. The van der Waals surface area contributed by atoms with Gasteiger partial charge in [-0.05, 0) is 31.7 Å². The second-order valence-corrected chi connectivity index (χ2v) is 6.36. The summed E-state index contributed by atoms with van der Waals surface area (Å²) in [7, 11) is 1.91. The molecule has 0 spiro atoms. The number of nitrogens with one attached hydrogen (secondary N) is 1. The van der Waals surface area contributed by atoms with Crippen LogP contribution in [0.15, 0.2) is 6.07 Å². The highest BCUT2D eigenvalue weighted by Gasteiger charge is 2.14. The van der Waals surface area contributed by atoms with Crippen LogP contribution in [0.4, 0.5) is 0 Å². The van der Waals surface area contributed by atoms with E-state index in [1.165, 1.54) is 11.3 Å². The van der Waals surface area contributed by atoms with E-state index in [1.54, 1.807) is 0 Å². The van der Waals surface area contributed by atoms with Gasteiger partial charge in [0.15, 0.2) is 0 Å². The number of hydrogen-bond acceptors (Lipinski definition) is 3. The highest BCUT2D eigenvalue weighted by atomic mass is 32.1. The molecule has 0 radical (unpaired) electrons. The normalized spacial score (nSPS) is 11.4. The van der Waals surface area contributed by atoms with Crippen LogP contribution in [-0.2, 0) is 7.05 Å². The van der Waals surface area contributed by atoms with E-state index < -0.39 is 0 Å². The van der Waals surface area contributed by atoms with Crippen LogP contribution in [0.2, 0.25) is 0 Å². The largest absolute Gasteiger partial charge is 0.351 e. The Morgan fingerprint density at radius 2 is 2.26 bits per heavy atom. The van der Waals surface area contributed by atoms with Crippen LogP contribution < -0.4 is 5.32 Å². The number of rotatable bonds is 5. The fraction of sp³-hybridized carbons (Fsp3) is 0.571. The summed E-state index contributed by atoms with van der Waals surface area (Å²) in [6.07, 6.45) is 2.19. The van der Waals surface area contributed by atoms with E-state index in [0.29, 0.717) is 5.92 Å². The predicted molar refractivity (Wildman–Crippen MR) is 79.7 cm³/mol. The fourth-order valence-electron chi connectivity index (χ4n) is 2.12. The third kappa shape index (κ3) is 3.15. The van der Waals surface area contributed by atoms with Crippen LogP contribution >= 0.6 is 11.3 Å². The van der Waals surface area contributed by atoms with Gasteiger partial charge in [-0.3, -0.25) is 9.48 Å². The van der Waals surface area contributed by atoms with Crippen molar-refractivity contribution in [3.8, 4) is 0 Å². The number of thiophene rings is 1. The van der Waals surface area contributed by atoms with Gasteiger partial charge in [-0.15, -0.1) is 11.3 Å². The molecule has 0 aliphatic rings. The maximum atomic E-state index is 12.0. The van der Waals surface area contributed by atoms with Gasteiger partial charge < -0.3 is 5.32 Å². The summed E-state index contributed by atoms with van der Waals surface area (Å²) in [6, 6.07) is 1.94. The number of nitrogens with zero attached hydrogens (tertiary/aromatic N) is 2. The minimum atomic E-state index is 0.0318. The van der Waals surface area contributed by atoms with Crippen molar-refractivity contribution < 1.29 is 4.79 Å². The van der Waals surface area contributed by atoms with Gasteiger partial charge in [0.05, 0.1) is 10.6 Å². The van der Waals surface area contributed by atoms with E-state index in [0.717, 1.165) is 40.2 Å². The van der Waals surface area contributed by atoms with Gasteiger partial charge in [-0.1, -0.05) is 13.8 Å². The van der Waals surface area contributed by atoms with Crippen molar-refractivity contribution in [1.29, 1.82) is 0 Å². The molecule has 0 saturated carbocycles. The van der Waals surface area contributed by atoms with Crippen molar-refractivity contribution in [2.45, 2.75) is 33.6 Å². The lowest BCUT2D eigenvalue weighted by atomic mass is 10.1. The third-order valence-corrected chi connectivity index (χ3v) is 4.36. The molecule has 104 valence electrons. The zero-order valence-corrected chi connectivity index (χ0v) is 12.8. The summed E-state index contributed by atoms with van der Waals surface area (Å²) in [5.41, 5.74) is 0.979. The highest BCUT2D eigenvalue weighted by molar-refractivity contribution is 7.20. The lowest BCUT2D eigenvalue weighted by Crippen LogP contribution is -2.23. The fourth-order valence-corrected chi connectivity index (χ4v) is 3.16. The molecule has 0 aromatic carbocycles. The van der Waals surface area contributed by atoms with Gasteiger partial charge in [-0.2, -0.15) is 5.10 Å². The Bertz CT molecular complexity index is 548. The van der Waals surface area contributed by atoms with Crippen molar-refractivity contribution in [1.82, 2.24) is 15.1 Å². The molecule has 1 N–H and O–H groups in total. The molecule has 0 aliphatic carbocycles. The Morgan fingerprint density at radius 3 is 2.89 bits per heavy atom. The number of carbonyl (C=O) groups excluding carboxylic acids is 1. The van der Waals surface area contributed by atoms with Gasteiger partial charge in [0.2, 0.25) is 0 Å². The van der Waals surface area contributed by atoms with E-state index in [4.69, 9.17) is 0 Å². The van der Waals surface area contributed by atoms with Crippen molar-refractivity contribution in [2.75, 3.05) is 6.54 Å². The summed E-state index contributed by atoms with van der Waals surface area (Å²) in [5.74, 6) is 0.722. The SMILES string of the molecule is Cc1nn(C)c2sc(C(=O)NCCCC(C)C)cc12. The van der Waals surface area contributed by atoms with Crippen molar-refractivity contribution >= 4 is 27.5 Å². The first-order valence-corrected chi connectivity index (χ1v) is 7.52. The Kier molecular flexibility index (Phi) is 4.24. The quantitative estimate of drug-likeness (QED) is 0.855. The van der Waals surface area contributed by atoms with E-state index in [9.17, 15) is 4.79 Å². The Balaban J connectivity index is 1.99. The second-order valence-electron chi connectivity index (χ2n) is 5.33. The molecule has 5 heteroatoms. The van der Waals surface area contributed by atoms with Crippen LogP contribution in [-0.4, -0.2) is 22.2 Å². The van der Waals surface area contributed by atoms with E-state index in [-0.39, 0.29) is 5.91 Å². The second kappa shape index (κ2) is 5.74. The zero-order valence-electron chi connectivity index (χ0n) is 12.0. The number of hydrogen-bond donors (Lipinski definition) is 1. The number of fused-ring (bicyclic) bond motifs is 1. The lowest BCUT2D eigenvalue weighted by molar-refractivity contribution is 0.0956. The third-order valence-electron chi connectivity index (χ3n) is 3.16. The Hall–Kier alpha value is -1.36. The molecule has 0 atom stereocenters. The molecule has 2 aromatic rings. The molecule has 4 nitrogen and oxygen atoms in total. The van der Waals surface area contributed by atoms with Gasteiger partial charge in [0.1, 0.15) is 4.83 Å². The van der Waals surface area contributed by atoms with Crippen LogP contribution in [0.1, 0.15) is 42.1 Å². The molecular weight excluding hydrogens is 258 g/mol. The topological polar surface area (TPSA) is 46.9 Å². The molecular formula is C14H21N3OS. The van der Waals surface area contributed by atoms with Crippen molar-refractivity contribution in [2.24, 2.45) is 13.0 Å². The summed E-state index contributed by atoms with van der Waals surface area (Å²) in [5, 5.41) is 8.41. The van der Waals surface area contributed by atoms with Crippen molar-refractivity contribution in [3.63, 3.8) is 0 Å². The van der Waals surface area contributed by atoms with E-state index in [2.05, 4.69) is 24.3 Å². The molecule has 19 heavy (non-hydrogen) atoms. The minimum Gasteiger partial charge on any atom is -0.351 e. The molecule has 2 aromatic heterocycles. The van der Waals surface area contributed by atoms with Crippen LogP contribution in [0.3, 0.4) is 0 Å². The van der Waals surface area contributed by atoms with Crippen LogP contribution in [0.25, 0.3) is 10.2 Å². The highest BCUT2D eigenvalue weighted by Crippen LogP contribution is 2.27. The summed E-state index contributed by atoms with van der Waals surface area (Å²) in [4.78, 5) is 13.9. The Morgan fingerprint density at radius 1 is 1.53 bits per heavy atom. The predicted octanol–water partition coefficient (Wildman–Crippen LogP) is 3.11. The minimum absolute atomic E-state index is 0.0318. The first kappa shape index (κ1) is 14.1. The molecule has 2 rings (SSSR count). The van der Waals surface area contributed by atoms with Gasteiger partial charge in [0.25, 0.3) is 5.91 Å². The molecule has 0 fully saturated rings. The number of carbonyl (C=O) groups is 1. The standard InChI is InChI=1S/C14H21N3OS/c1-9(2)6-5-7-15-13(18)12-8-11-10(3)16-17(4)14(11)19-12/h8-9H,5-7H2,1-4H3,(H,15,18). The van der Waals surface area contributed by atoms with Crippen molar-refractivity contribution in [3.05, 3.63) is 16.6 Å². The maximum Gasteiger partial charge on any atom is 0.261 e. The number of aryl methyl sites for hydroxylation is 2. The Labute approximate surface area is 117 Å². The van der Waals surface area contributed by atoms with E-state index in [1.807, 2.05) is 24.7 Å². The lowest BCUT2D eigenvalue weighted by Gasteiger charge is -2.05.